The maximum atomic E-state index is 11.7. The first kappa shape index (κ1) is 22.5. The number of hydrogen-bond acceptors (Lipinski definition) is 6. The van der Waals surface area contributed by atoms with Crippen LogP contribution in [0.15, 0.2) is 18.2 Å². The highest BCUT2D eigenvalue weighted by Gasteiger charge is 2.48. The second-order valence-electron chi connectivity index (χ2n) is 9.03. The lowest BCUT2D eigenvalue weighted by Crippen LogP contribution is -2.36. The van der Waals surface area contributed by atoms with Crippen LogP contribution < -0.4 is 4.74 Å². The van der Waals surface area contributed by atoms with Gasteiger partial charge in [0.05, 0.1) is 0 Å². The van der Waals surface area contributed by atoms with Gasteiger partial charge in [-0.05, 0) is 67.7 Å². The molecule has 0 radical (unpaired) electrons. The monoisotopic (exact) mass is 415 g/mol. The molecular formula is C24H33NO5. The summed E-state index contributed by atoms with van der Waals surface area (Å²) in [6.45, 7) is 5.06. The summed E-state index contributed by atoms with van der Waals surface area (Å²) in [6.07, 6.45) is 6.61. The molecule has 0 amide bonds. The lowest BCUT2D eigenvalue weighted by atomic mass is 9.68. The minimum absolute atomic E-state index is 0.00193. The van der Waals surface area contributed by atoms with Crippen LogP contribution in [0.5, 0.6) is 5.75 Å². The van der Waals surface area contributed by atoms with Crippen molar-refractivity contribution < 1.29 is 24.2 Å². The fraction of sp³-hybridized carbons (Fsp3) is 0.625. The summed E-state index contributed by atoms with van der Waals surface area (Å²) in [4.78, 5) is 23.1. The largest absolute Gasteiger partial charge is 0.462 e. The Morgan fingerprint density at radius 1 is 1.13 bits per heavy atom. The van der Waals surface area contributed by atoms with Crippen LogP contribution >= 0.6 is 0 Å². The van der Waals surface area contributed by atoms with E-state index in [1.54, 1.807) is 6.07 Å². The summed E-state index contributed by atoms with van der Waals surface area (Å²) in [6, 6.07) is 5.54. The molecule has 1 aromatic carbocycles. The summed E-state index contributed by atoms with van der Waals surface area (Å²) in [5, 5.41) is 18.3. The van der Waals surface area contributed by atoms with Crippen molar-refractivity contribution in [1.82, 2.24) is 0 Å². The molecule has 6 heteroatoms. The third kappa shape index (κ3) is 4.59. The highest BCUT2D eigenvalue weighted by molar-refractivity contribution is 5.70. The molecule has 1 fully saturated rings. The highest BCUT2D eigenvalue weighted by Crippen LogP contribution is 2.52. The van der Waals surface area contributed by atoms with Crippen molar-refractivity contribution in [3.63, 3.8) is 0 Å². The van der Waals surface area contributed by atoms with Crippen LogP contribution in [-0.2, 0) is 14.3 Å². The van der Waals surface area contributed by atoms with E-state index in [1.165, 1.54) is 20.1 Å². The molecule has 5 atom stereocenters. The van der Waals surface area contributed by atoms with Crippen LogP contribution in [0, 0.1) is 16.7 Å². The lowest BCUT2D eigenvalue weighted by Gasteiger charge is -2.39. The van der Waals surface area contributed by atoms with Crippen molar-refractivity contribution >= 4 is 18.2 Å². The second kappa shape index (κ2) is 9.29. The van der Waals surface area contributed by atoms with E-state index in [4.69, 9.17) is 14.9 Å². The van der Waals surface area contributed by atoms with Gasteiger partial charge in [0.25, 0.3) is 0 Å². The van der Waals surface area contributed by atoms with Gasteiger partial charge in [0.1, 0.15) is 11.9 Å². The maximum Gasteiger partial charge on any atom is 0.308 e. The van der Waals surface area contributed by atoms with Gasteiger partial charge in [-0.15, -0.1) is 0 Å². The molecule has 3 rings (SSSR count). The number of carbonyl (C=O) groups excluding carboxylic acids is 2. The summed E-state index contributed by atoms with van der Waals surface area (Å²) in [5.41, 5.74) is 1.84. The van der Waals surface area contributed by atoms with Crippen molar-refractivity contribution in [3.05, 3.63) is 29.3 Å². The van der Waals surface area contributed by atoms with E-state index in [0.29, 0.717) is 11.7 Å². The average molecular weight is 416 g/mol. The van der Waals surface area contributed by atoms with Crippen LogP contribution in [0.4, 0.5) is 0 Å². The number of nitrogens with one attached hydrogen (secondary N) is 1. The van der Waals surface area contributed by atoms with Crippen LogP contribution in [0.1, 0.15) is 82.3 Å². The molecule has 2 aliphatic carbocycles. The van der Waals surface area contributed by atoms with Crippen LogP contribution in [0.3, 0.4) is 0 Å². The molecule has 0 bridgehead atoms. The normalized spacial score (nSPS) is 31.2. The molecule has 1 unspecified atom stereocenters. The topological polar surface area (TPSA) is 96.7 Å². The molecule has 164 valence electrons. The third-order valence-corrected chi connectivity index (χ3v) is 7.19. The molecule has 2 N–H and O–H groups in total. The minimum Gasteiger partial charge on any atom is -0.462 e. The Kier molecular flexibility index (Phi) is 6.96. The number of fused-ring (bicyclic) bond motifs is 2. The predicted molar refractivity (Wildman–Crippen MR) is 114 cm³/mol. The van der Waals surface area contributed by atoms with E-state index in [-0.39, 0.29) is 41.9 Å². The zero-order chi connectivity index (χ0) is 21.9. The van der Waals surface area contributed by atoms with Crippen molar-refractivity contribution in [2.75, 3.05) is 6.61 Å². The Labute approximate surface area is 178 Å². The number of rotatable bonds is 4. The number of esters is 2. The van der Waals surface area contributed by atoms with Gasteiger partial charge in [0.2, 0.25) is 0 Å². The summed E-state index contributed by atoms with van der Waals surface area (Å²) >= 11 is 0. The van der Waals surface area contributed by atoms with Crippen LogP contribution in [0.25, 0.3) is 0 Å². The summed E-state index contributed by atoms with van der Waals surface area (Å²) in [5.74, 6) is 0.0700. The number of aliphatic hydroxyl groups excluding tert-OH is 1. The zero-order valence-corrected chi connectivity index (χ0v) is 18.1. The Balaban J connectivity index is 1.98. The minimum atomic E-state index is -0.378. The Morgan fingerprint density at radius 3 is 2.50 bits per heavy atom. The molecule has 6 nitrogen and oxygen atoms in total. The second-order valence-corrected chi connectivity index (χ2v) is 9.03. The SMILES string of the molecule is CC(=O)Oc1ccc2c(c1)[C@H](CO)CC[C@@H]1CCC(OC(C)=O)[C@@]1(C)CC[C@H]2C=N. The zero-order valence-electron chi connectivity index (χ0n) is 18.1. The van der Waals surface area contributed by atoms with Crippen LogP contribution in [0.2, 0.25) is 0 Å². The fourth-order valence-corrected chi connectivity index (χ4v) is 5.52. The van der Waals surface area contributed by atoms with Gasteiger partial charge in [-0.25, -0.2) is 0 Å². The standard InChI is InChI=1S/C24H33NO5/c1-15(27)29-20-7-8-21-17(13-25)10-11-24(3)19(6-9-23(24)30-16(2)28)5-4-18(14-26)22(21)12-20/h7-8,12-13,17-19,23,25-26H,4-6,9-11,14H2,1-3H3/t17-,18-,19+,23?,24-/m0/s1. The van der Waals surface area contributed by atoms with Gasteiger partial charge < -0.3 is 20.0 Å². The molecule has 0 aliphatic heterocycles. The molecule has 1 aromatic rings. The first-order valence-corrected chi connectivity index (χ1v) is 10.9. The first-order valence-electron chi connectivity index (χ1n) is 10.9. The predicted octanol–water partition coefficient (Wildman–Crippen LogP) is 4.34. The number of benzene rings is 1. The van der Waals surface area contributed by atoms with Crippen molar-refractivity contribution in [1.29, 1.82) is 5.41 Å². The molecule has 0 heterocycles. The molecule has 2 aliphatic rings. The van der Waals surface area contributed by atoms with Gasteiger partial charge in [-0.2, -0.15) is 0 Å². The summed E-state index contributed by atoms with van der Waals surface area (Å²) in [7, 11) is 0. The van der Waals surface area contributed by atoms with E-state index in [2.05, 4.69) is 6.92 Å². The number of carbonyl (C=O) groups is 2. The van der Waals surface area contributed by atoms with E-state index in [0.717, 1.165) is 49.7 Å². The molecular weight excluding hydrogens is 382 g/mol. The molecule has 0 saturated heterocycles. The smallest absolute Gasteiger partial charge is 0.308 e. The number of aliphatic hydroxyl groups is 1. The van der Waals surface area contributed by atoms with Gasteiger partial charge in [-0.1, -0.05) is 13.0 Å². The van der Waals surface area contributed by atoms with E-state index in [9.17, 15) is 14.7 Å². The Hall–Kier alpha value is -2.21. The quantitative estimate of drug-likeness (QED) is 0.433. The van der Waals surface area contributed by atoms with Gasteiger partial charge in [0, 0.05) is 43.9 Å². The Morgan fingerprint density at radius 2 is 1.87 bits per heavy atom. The van der Waals surface area contributed by atoms with E-state index < -0.39 is 0 Å². The van der Waals surface area contributed by atoms with E-state index in [1.807, 2.05) is 12.1 Å². The van der Waals surface area contributed by atoms with Gasteiger partial charge >= 0.3 is 11.9 Å². The third-order valence-electron chi connectivity index (χ3n) is 7.19. The van der Waals surface area contributed by atoms with Crippen molar-refractivity contribution in [2.45, 2.75) is 77.2 Å². The highest BCUT2D eigenvalue weighted by atomic mass is 16.5. The molecule has 30 heavy (non-hydrogen) atoms. The maximum absolute atomic E-state index is 11.7. The first-order chi connectivity index (χ1) is 14.3. The van der Waals surface area contributed by atoms with Crippen molar-refractivity contribution in [2.24, 2.45) is 11.3 Å². The lowest BCUT2D eigenvalue weighted by molar-refractivity contribution is -0.152. The summed E-state index contributed by atoms with van der Waals surface area (Å²) < 4.78 is 11.0. The number of ether oxygens (including phenoxy) is 2. The fourth-order valence-electron chi connectivity index (χ4n) is 5.52. The average Bonchev–Trinajstić information content (AvgIpc) is 2.98. The van der Waals surface area contributed by atoms with Gasteiger partial charge in [-0.3, -0.25) is 9.59 Å². The molecule has 0 spiro atoms. The Bertz CT molecular complexity index is 807. The van der Waals surface area contributed by atoms with Crippen molar-refractivity contribution in [3.8, 4) is 5.75 Å². The number of hydrogen-bond donors (Lipinski definition) is 2. The molecule has 0 aromatic heterocycles. The van der Waals surface area contributed by atoms with Crippen LogP contribution in [-0.4, -0.2) is 36.0 Å². The molecule has 1 saturated carbocycles. The van der Waals surface area contributed by atoms with E-state index >= 15 is 0 Å². The van der Waals surface area contributed by atoms with Gasteiger partial charge in [0.15, 0.2) is 0 Å².